The summed E-state index contributed by atoms with van der Waals surface area (Å²) in [5, 5.41) is 0.645. The summed E-state index contributed by atoms with van der Waals surface area (Å²) in [5.41, 5.74) is 2.29. The largest absolute Gasteiger partial charge is 0.294 e. The summed E-state index contributed by atoms with van der Waals surface area (Å²) in [4.78, 5) is 26.1. The van der Waals surface area contributed by atoms with E-state index in [1.807, 2.05) is 84.9 Å². The number of rotatable bonds is 5. The van der Waals surface area contributed by atoms with E-state index in [1.54, 1.807) is 0 Å². The molecule has 0 heterocycles. The van der Waals surface area contributed by atoms with Crippen LogP contribution >= 0.6 is 11.6 Å². The molecule has 3 aromatic carbocycles. The maximum Gasteiger partial charge on any atom is 0.167 e. The Labute approximate surface area is 157 Å². The molecule has 2 nitrogen and oxygen atoms in total. The molecule has 0 bridgehead atoms. The minimum absolute atomic E-state index is 0.0276. The van der Waals surface area contributed by atoms with Crippen molar-refractivity contribution >= 4 is 23.2 Å². The Kier molecular flexibility index (Phi) is 4.44. The van der Waals surface area contributed by atoms with Crippen molar-refractivity contribution in [2.24, 2.45) is 11.8 Å². The number of carbonyl (C=O) groups is 2. The highest BCUT2D eigenvalue weighted by Gasteiger charge is 2.59. The van der Waals surface area contributed by atoms with Crippen LogP contribution in [0.25, 0.3) is 0 Å². The molecule has 1 fully saturated rings. The van der Waals surface area contributed by atoms with Crippen molar-refractivity contribution in [3.8, 4) is 0 Å². The fourth-order valence-electron chi connectivity index (χ4n) is 3.65. The molecule has 0 amide bonds. The minimum Gasteiger partial charge on any atom is -0.294 e. The minimum atomic E-state index is -0.328. The molecular formula is C23H17ClO2. The van der Waals surface area contributed by atoms with Gasteiger partial charge in [0.05, 0.1) is 0 Å². The molecule has 2 atom stereocenters. The molecule has 26 heavy (non-hydrogen) atoms. The first kappa shape index (κ1) is 16.7. The van der Waals surface area contributed by atoms with Gasteiger partial charge in [-0.3, -0.25) is 9.59 Å². The van der Waals surface area contributed by atoms with E-state index in [0.29, 0.717) is 16.1 Å². The van der Waals surface area contributed by atoms with Gasteiger partial charge in [0, 0.05) is 33.9 Å². The molecule has 128 valence electrons. The van der Waals surface area contributed by atoms with E-state index in [2.05, 4.69) is 0 Å². The fourth-order valence-corrected chi connectivity index (χ4v) is 3.78. The first-order chi connectivity index (χ1) is 12.7. The van der Waals surface area contributed by atoms with Gasteiger partial charge in [-0.2, -0.15) is 0 Å². The van der Waals surface area contributed by atoms with Crippen LogP contribution in [-0.2, 0) is 0 Å². The van der Waals surface area contributed by atoms with Crippen molar-refractivity contribution in [1.29, 1.82) is 0 Å². The van der Waals surface area contributed by atoms with Crippen molar-refractivity contribution in [2.45, 2.75) is 5.92 Å². The number of hydrogen-bond donors (Lipinski definition) is 0. The Morgan fingerprint density at radius 2 is 1.04 bits per heavy atom. The molecule has 1 aliphatic rings. The smallest absolute Gasteiger partial charge is 0.167 e. The third kappa shape index (κ3) is 3.09. The molecule has 0 unspecified atom stereocenters. The zero-order valence-electron chi connectivity index (χ0n) is 14.0. The van der Waals surface area contributed by atoms with Crippen molar-refractivity contribution in [2.75, 3.05) is 0 Å². The summed E-state index contributed by atoms with van der Waals surface area (Å²) in [6.45, 7) is 0. The lowest BCUT2D eigenvalue weighted by Gasteiger charge is -2.01. The average Bonchev–Trinajstić information content (AvgIpc) is 3.44. The molecule has 0 spiro atoms. The lowest BCUT2D eigenvalue weighted by Crippen LogP contribution is -2.09. The maximum absolute atomic E-state index is 13.0. The quantitative estimate of drug-likeness (QED) is 0.568. The first-order valence-electron chi connectivity index (χ1n) is 8.61. The number of benzene rings is 3. The van der Waals surface area contributed by atoms with Crippen LogP contribution in [0.2, 0.25) is 5.02 Å². The molecule has 0 N–H and O–H groups in total. The second-order valence-corrected chi connectivity index (χ2v) is 7.03. The predicted octanol–water partition coefficient (Wildman–Crippen LogP) is 5.44. The predicted molar refractivity (Wildman–Crippen MR) is 103 cm³/mol. The van der Waals surface area contributed by atoms with Gasteiger partial charge in [0.25, 0.3) is 0 Å². The number of hydrogen-bond acceptors (Lipinski definition) is 2. The molecule has 0 aliphatic heterocycles. The van der Waals surface area contributed by atoms with E-state index >= 15 is 0 Å². The van der Waals surface area contributed by atoms with Crippen LogP contribution in [0.1, 0.15) is 32.2 Å². The second-order valence-electron chi connectivity index (χ2n) is 6.59. The summed E-state index contributed by atoms with van der Waals surface area (Å²) in [5.74, 6) is -0.704. The zero-order valence-corrected chi connectivity index (χ0v) is 14.8. The van der Waals surface area contributed by atoms with Crippen LogP contribution < -0.4 is 0 Å². The van der Waals surface area contributed by atoms with Crippen LogP contribution in [0.3, 0.4) is 0 Å². The topological polar surface area (TPSA) is 34.1 Å². The van der Waals surface area contributed by atoms with Crippen molar-refractivity contribution in [3.05, 3.63) is 107 Å². The summed E-state index contributed by atoms with van der Waals surface area (Å²) in [6, 6.07) is 25.8. The van der Waals surface area contributed by atoms with E-state index in [4.69, 9.17) is 11.6 Å². The summed E-state index contributed by atoms with van der Waals surface area (Å²) >= 11 is 5.99. The summed E-state index contributed by atoms with van der Waals surface area (Å²) in [7, 11) is 0. The number of carbonyl (C=O) groups excluding carboxylic acids is 2. The van der Waals surface area contributed by atoms with Gasteiger partial charge in [0.15, 0.2) is 11.6 Å². The molecule has 3 aromatic rings. The number of Topliss-reactive ketones (excluding diaryl/α,β-unsaturated/α-hetero) is 2. The van der Waals surface area contributed by atoms with Crippen molar-refractivity contribution in [1.82, 2.24) is 0 Å². The van der Waals surface area contributed by atoms with E-state index in [1.165, 1.54) is 0 Å². The Morgan fingerprint density at radius 1 is 0.615 bits per heavy atom. The molecule has 0 saturated heterocycles. The van der Waals surface area contributed by atoms with Gasteiger partial charge < -0.3 is 0 Å². The Bertz CT molecular complexity index is 875. The van der Waals surface area contributed by atoms with Crippen LogP contribution in [-0.4, -0.2) is 11.6 Å². The highest BCUT2D eigenvalue weighted by Crippen LogP contribution is 2.56. The standard InChI is InChI=1S/C23H17ClO2/c24-18-13-11-15(12-14-18)19-20(22(25)16-7-3-1-4-8-16)21(19)23(26)17-9-5-2-6-10-17/h1-14,19-21H/t20-,21-/m1/s1. The monoisotopic (exact) mass is 360 g/mol. The number of ketones is 2. The molecule has 1 aliphatic carbocycles. The molecular weight excluding hydrogens is 344 g/mol. The van der Waals surface area contributed by atoms with Gasteiger partial charge >= 0.3 is 0 Å². The third-order valence-electron chi connectivity index (χ3n) is 5.00. The van der Waals surface area contributed by atoms with Crippen molar-refractivity contribution in [3.63, 3.8) is 0 Å². The number of halogens is 1. The van der Waals surface area contributed by atoms with E-state index in [-0.39, 0.29) is 29.3 Å². The highest BCUT2D eigenvalue weighted by molar-refractivity contribution is 6.30. The molecule has 4 rings (SSSR count). The van der Waals surface area contributed by atoms with Gasteiger partial charge in [0.1, 0.15) is 0 Å². The molecule has 1 saturated carbocycles. The second kappa shape index (κ2) is 6.89. The Balaban J connectivity index is 1.68. The zero-order chi connectivity index (χ0) is 18.1. The van der Waals surface area contributed by atoms with Crippen LogP contribution in [0, 0.1) is 11.8 Å². The van der Waals surface area contributed by atoms with Gasteiger partial charge in [-0.15, -0.1) is 0 Å². The van der Waals surface area contributed by atoms with E-state index < -0.39 is 0 Å². The average molecular weight is 361 g/mol. The molecule has 3 heteroatoms. The van der Waals surface area contributed by atoms with Crippen molar-refractivity contribution < 1.29 is 9.59 Å². The van der Waals surface area contributed by atoms with Gasteiger partial charge in [0.2, 0.25) is 0 Å². The molecule has 0 radical (unpaired) electrons. The lowest BCUT2D eigenvalue weighted by atomic mass is 10.0. The molecule has 0 aromatic heterocycles. The van der Waals surface area contributed by atoms with Crippen LogP contribution in [0.5, 0.6) is 0 Å². The van der Waals surface area contributed by atoms with Gasteiger partial charge in [-0.05, 0) is 17.7 Å². The van der Waals surface area contributed by atoms with E-state index in [0.717, 1.165) is 5.56 Å². The Hall–Kier alpha value is -2.71. The normalized spacial score (nSPS) is 21.2. The first-order valence-corrected chi connectivity index (χ1v) is 8.98. The highest BCUT2D eigenvalue weighted by atomic mass is 35.5. The van der Waals surface area contributed by atoms with E-state index in [9.17, 15) is 9.59 Å². The maximum atomic E-state index is 13.0. The Morgan fingerprint density at radius 3 is 1.46 bits per heavy atom. The van der Waals surface area contributed by atoms with Gasteiger partial charge in [-0.25, -0.2) is 0 Å². The summed E-state index contributed by atoms with van der Waals surface area (Å²) < 4.78 is 0. The van der Waals surface area contributed by atoms with Crippen LogP contribution in [0.15, 0.2) is 84.9 Å². The third-order valence-corrected chi connectivity index (χ3v) is 5.25. The summed E-state index contributed by atoms with van der Waals surface area (Å²) in [6.07, 6.45) is 0. The lowest BCUT2D eigenvalue weighted by molar-refractivity contribution is 0.0906. The SMILES string of the molecule is O=C(c1ccccc1)[C@@H]1C(c2ccc(Cl)cc2)[C@H]1C(=O)c1ccccc1. The fraction of sp³-hybridized carbons (Fsp3) is 0.130. The van der Waals surface area contributed by atoms with Crippen LogP contribution in [0.4, 0.5) is 0 Å². The van der Waals surface area contributed by atoms with Gasteiger partial charge in [-0.1, -0.05) is 84.4 Å².